The van der Waals surface area contributed by atoms with Crippen LogP contribution in [0, 0.1) is 6.92 Å². The average molecular weight is 443 g/mol. The van der Waals surface area contributed by atoms with Gasteiger partial charge in [-0.25, -0.2) is 4.79 Å². The van der Waals surface area contributed by atoms with Crippen LogP contribution in [0.1, 0.15) is 43.6 Å². The van der Waals surface area contributed by atoms with Gasteiger partial charge in [0.15, 0.2) is 6.10 Å². The summed E-state index contributed by atoms with van der Waals surface area (Å²) in [5.74, 6) is -0.225. The van der Waals surface area contributed by atoms with E-state index in [0.29, 0.717) is 12.2 Å². The third-order valence-corrected chi connectivity index (χ3v) is 5.95. The van der Waals surface area contributed by atoms with Crippen LogP contribution in [0.4, 0.5) is 0 Å². The molecule has 6 nitrogen and oxygen atoms in total. The quantitative estimate of drug-likeness (QED) is 0.441. The minimum atomic E-state index is -1.15. The molecule has 1 aliphatic heterocycles. The summed E-state index contributed by atoms with van der Waals surface area (Å²) >= 11 is 0. The molecule has 1 atom stereocenters. The highest BCUT2D eigenvalue weighted by molar-refractivity contribution is 6.08. The number of nitrogens with zero attached hydrogens (tertiary/aromatic N) is 2. The van der Waals surface area contributed by atoms with Crippen LogP contribution in [0.3, 0.4) is 0 Å². The summed E-state index contributed by atoms with van der Waals surface area (Å²) in [6.45, 7) is 8.14. The summed E-state index contributed by atoms with van der Waals surface area (Å²) in [6, 6.07) is 11.7. The summed E-state index contributed by atoms with van der Waals surface area (Å²) in [4.78, 5) is 21.8. The lowest BCUT2D eigenvalue weighted by Gasteiger charge is -2.29. The molecule has 1 aliphatic rings. The second-order valence-electron chi connectivity index (χ2n) is 9.40. The number of ether oxygens (including phenoxy) is 2. The zero-order valence-electron chi connectivity index (χ0n) is 19.2. The van der Waals surface area contributed by atoms with Crippen LogP contribution >= 0.6 is 0 Å². The third-order valence-electron chi connectivity index (χ3n) is 5.95. The minimum absolute atomic E-state index is 0.622. The van der Waals surface area contributed by atoms with Crippen LogP contribution < -0.4 is 4.74 Å². The summed E-state index contributed by atoms with van der Waals surface area (Å²) < 4.78 is 12.0. The van der Waals surface area contributed by atoms with E-state index in [1.165, 1.54) is 5.56 Å². The van der Waals surface area contributed by atoms with Crippen molar-refractivity contribution in [2.24, 2.45) is 0 Å². The molecule has 0 unspecified atom stereocenters. The highest BCUT2D eigenvalue weighted by Crippen LogP contribution is 2.44. The molecule has 3 heterocycles. The van der Waals surface area contributed by atoms with Gasteiger partial charge in [0.2, 0.25) is 0 Å². The number of carbonyl (C=O) groups is 1. The molecule has 5 rings (SSSR count). The number of pyridine rings is 2. The Morgan fingerprint density at radius 3 is 2.73 bits per heavy atom. The van der Waals surface area contributed by atoms with E-state index in [2.05, 4.69) is 4.98 Å². The van der Waals surface area contributed by atoms with E-state index in [1.54, 1.807) is 6.20 Å². The van der Waals surface area contributed by atoms with Crippen LogP contribution in [0.2, 0.25) is 0 Å². The Kier molecular flexibility index (Phi) is 5.05. The number of aliphatic carboxylic acids is 1. The molecule has 0 saturated carbocycles. The molecule has 0 fully saturated rings. The van der Waals surface area contributed by atoms with Crippen molar-refractivity contribution in [3.05, 3.63) is 65.5 Å². The fraction of sp³-hybridized carbons (Fsp3) is 0.296. The van der Waals surface area contributed by atoms with Crippen molar-refractivity contribution in [2.75, 3.05) is 6.61 Å². The van der Waals surface area contributed by atoms with Gasteiger partial charge in [0.05, 0.1) is 23.2 Å². The fourth-order valence-corrected chi connectivity index (χ4v) is 4.69. The van der Waals surface area contributed by atoms with Gasteiger partial charge in [-0.1, -0.05) is 6.07 Å². The number of carboxylic acids is 1. The number of aryl methyl sites for hydroxylation is 1. The topological polar surface area (TPSA) is 81.5 Å². The van der Waals surface area contributed by atoms with Gasteiger partial charge >= 0.3 is 5.97 Å². The smallest absolute Gasteiger partial charge is 0.337 e. The Morgan fingerprint density at radius 1 is 1.15 bits per heavy atom. The first kappa shape index (κ1) is 21.3. The van der Waals surface area contributed by atoms with Gasteiger partial charge in [-0.3, -0.25) is 9.97 Å². The van der Waals surface area contributed by atoms with Crippen molar-refractivity contribution >= 4 is 27.8 Å². The molecule has 1 N–H and O–H groups in total. The van der Waals surface area contributed by atoms with Gasteiger partial charge in [0.25, 0.3) is 0 Å². The third kappa shape index (κ3) is 3.70. The number of carboxylic acid groups (broad SMARTS) is 1. The van der Waals surface area contributed by atoms with Gasteiger partial charge in [0, 0.05) is 40.7 Å². The fourth-order valence-electron chi connectivity index (χ4n) is 4.69. The summed E-state index contributed by atoms with van der Waals surface area (Å²) in [5.41, 5.74) is 5.19. The zero-order chi connectivity index (χ0) is 23.3. The first-order valence-electron chi connectivity index (χ1n) is 11.1. The first-order chi connectivity index (χ1) is 15.7. The zero-order valence-corrected chi connectivity index (χ0v) is 19.2. The van der Waals surface area contributed by atoms with Gasteiger partial charge in [-0.05, 0) is 74.7 Å². The monoisotopic (exact) mass is 442 g/mol. The number of aromatic nitrogens is 2. The molecule has 0 saturated heterocycles. The standard InChI is InChI=1S/C27H26N2O4/c1-15-14-19-17(6-5-11-28-19)23(21(15)25(26(30)31)33-27(2,3)4)18-7-8-20-22-16(10-13-32-20)9-12-29-24(18)22/h5-9,11-12,14,25H,10,13H2,1-4H3,(H,30,31)/t25-/m1/s1. The lowest BCUT2D eigenvalue weighted by Crippen LogP contribution is -2.28. The minimum Gasteiger partial charge on any atom is -0.493 e. The second-order valence-corrected chi connectivity index (χ2v) is 9.40. The molecule has 0 radical (unpaired) electrons. The highest BCUT2D eigenvalue weighted by Gasteiger charge is 2.32. The number of hydrogen-bond donors (Lipinski definition) is 1. The Hall–Kier alpha value is -3.51. The number of benzene rings is 2. The van der Waals surface area contributed by atoms with E-state index >= 15 is 0 Å². The molecule has 33 heavy (non-hydrogen) atoms. The van der Waals surface area contributed by atoms with Gasteiger partial charge in [-0.15, -0.1) is 0 Å². The molecular weight excluding hydrogens is 416 g/mol. The summed E-state index contributed by atoms with van der Waals surface area (Å²) in [5, 5.41) is 12.1. The maximum atomic E-state index is 12.5. The van der Waals surface area contributed by atoms with Crippen molar-refractivity contribution in [3.63, 3.8) is 0 Å². The molecule has 6 heteroatoms. The lowest BCUT2D eigenvalue weighted by molar-refractivity contribution is -0.160. The predicted molar refractivity (Wildman–Crippen MR) is 128 cm³/mol. The van der Waals surface area contributed by atoms with Crippen molar-refractivity contribution in [1.29, 1.82) is 0 Å². The van der Waals surface area contributed by atoms with E-state index < -0.39 is 17.7 Å². The summed E-state index contributed by atoms with van der Waals surface area (Å²) in [7, 11) is 0. The highest BCUT2D eigenvalue weighted by atomic mass is 16.5. The number of hydrogen-bond acceptors (Lipinski definition) is 5. The Balaban J connectivity index is 1.90. The maximum Gasteiger partial charge on any atom is 0.337 e. The van der Waals surface area contributed by atoms with Crippen LogP contribution in [0.15, 0.2) is 48.8 Å². The van der Waals surface area contributed by atoms with Gasteiger partial charge in [0.1, 0.15) is 5.75 Å². The molecular formula is C27H26N2O4. The van der Waals surface area contributed by atoms with Crippen LogP contribution in [-0.4, -0.2) is 33.3 Å². The lowest BCUT2D eigenvalue weighted by atomic mass is 9.86. The molecule has 0 spiro atoms. The normalized spacial score (nSPS) is 14.3. The van der Waals surface area contributed by atoms with Crippen molar-refractivity contribution < 1.29 is 19.4 Å². The van der Waals surface area contributed by atoms with Crippen LogP contribution in [0.25, 0.3) is 32.9 Å². The van der Waals surface area contributed by atoms with Crippen LogP contribution in [0.5, 0.6) is 5.75 Å². The number of rotatable bonds is 4. The molecule has 0 amide bonds. The molecule has 0 bridgehead atoms. The first-order valence-corrected chi connectivity index (χ1v) is 11.1. The van der Waals surface area contributed by atoms with Crippen LogP contribution in [-0.2, 0) is 16.0 Å². The maximum absolute atomic E-state index is 12.5. The van der Waals surface area contributed by atoms with Crippen molar-refractivity contribution in [2.45, 2.75) is 45.8 Å². The van der Waals surface area contributed by atoms with Gasteiger partial charge in [-0.2, -0.15) is 0 Å². The SMILES string of the molecule is Cc1cc2ncccc2c(-c2ccc3c4c(ccnc24)CCO3)c1[C@@H](OC(C)(C)C)C(=O)O. The largest absolute Gasteiger partial charge is 0.493 e. The number of fused-ring (bicyclic) bond motifs is 1. The van der Waals surface area contributed by atoms with Gasteiger partial charge < -0.3 is 14.6 Å². The van der Waals surface area contributed by atoms with Crippen molar-refractivity contribution in [1.82, 2.24) is 9.97 Å². The predicted octanol–water partition coefficient (Wildman–Crippen LogP) is 5.63. The molecule has 2 aromatic carbocycles. The van der Waals surface area contributed by atoms with E-state index in [0.717, 1.165) is 50.7 Å². The molecule has 168 valence electrons. The summed E-state index contributed by atoms with van der Waals surface area (Å²) in [6.07, 6.45) is 3.22. The van der Waals surface area contributed by atoms with Crippen molar-refractivity contribution in [3.8, 4) is 16.9 Å². The second kappa shape index (κ2) is 7.81. The molecule has 4 aromatic rings. The van der Waals surface area contributed by atoms with E-state index in [1.807, 2.05) is 70.3 Å². The Morgan fingerprint density at radius 2 is 1.97 bits per heavy atom. The Bertz CT molecular complexity index is 1390. The Labute approximate surface area is 192 Å². The molecule has 2 aromatic heterocycles. The van der Waals surface area contributed by atoms with E-state index in [-0.39, 0.29) is 0 Å². The van der Waals surface area contributed by atoms with E-state index in [4.69, 9.17) is 14.5 Å². The van der Waals surface area contributed by atoms with E-state index in [9.17, 15) is 9.90 Å². The molecule has 0 aliphatic carbocycles. The average Bonchev–Trinajstić information content (AvgIpc) is 2.77.